The van der Waals surface area contributed by atoms with Crippen molar-refractivity contribution in [1.29, 1.82) is 0 Å². The average molecular weight is 363 g/mol. The minimum atomic E-state index is -0.489. The lowest BCUT2D eigenvalue weighted by Crippen LogP contribution is -1.98. The minimum Gasteiger partial charge on any atom is -0.435 e. The fourth-order valence-corrected chi connectivity index (χ4v) is 1.71. The van der Waals surface area contributed by atoms with Crippen molar-refractivity contribution >= 4 is 37.8 Å². The van der Waals surface area contributed by atoms with E-state index in [0.29, 0.717) is 8.95 Å². The number of nitrogens with zero attached hydrogens (tertiary/aromatic N) is 2. The summed E-state index contributed by atoms with van der Waals surface area (Å²) in [7, 11) is 0. The van der Waals surface area contributed by atoms with Crippen molar-refractivity contribution in [3.8, 4) is 11.6 Å². The number of halogens is 3. The molecule has 4 nitrogen and oxygen atoms in total. The molecular weight excluding hydrogens is 357 g/mol. The van der Waals surface area contributed by atoms with Crippen LogP contribution >= 0.6 is 31.9 Å². The van der Waals surface area contributed by atoms with Crippen LogP contribution in [0.5, 0.6) is 11.6 Å². The SMILES string of the molecule is Nc1ncc(Br)c(Oc2cc(Br)ccc2F)n1. The predicted molar refractivity (Wildman–Crippen MR) is 68.3 cm³/mol. The van der Waals surface area contributed by atoms with E-state index in [2.05, 4.69) is 41.8 Å². The van der Waals surface area contributed by atoms with Gasteiger partial charge in [0, 0.05) is 4.47 Å². The van der Waals surface area contributed by atoms with Gasteiger partial charge in [-0.1, -0.05) is 15.9 Å². The van der Waals surface area contributed by atoms with Gasteiger partial charge in [0.05, 0.1) is 10.7 Å². The average Bonchev–Trinajstić information content (AvgIpc) is 2.28. The third kappa shape index (κ3) is 2.92. The number of nitrogen functional groups attached to an aromatic ring is 1. The first-order chi connectivity index (χ1) is 8.06. The highest BCUT2D eigenvalue weighted by molar-refractivity contribution is 9.10. The van der Waals surface area contributed by atoms with Crippen molar-refractivity contribution in [2.75, 3.05) is 5.73 Å². The number of ether oxygens (including phenoxy) is 1. The standard InChI is InChI=1S/C10H6Br2FN3O/c11-5-1-2-7(13)8(3-5)17-9-6(12)4-15-10(14)16-9/h1-4H,(H2,14,15,16). The van der Waals surface area contributed by atoms with Gasteiger partial charge in [0.1, 0.15) is 0 Å². The largest absolute Gasteiger partial charge is 0.435 e. The van der Waals surface area contributed by atoms with Crippen LogP contribution in [0.4, 0.5) is 10.3 Å². The second-order valence-corrected chi connectivity index (χ2v) is 4.83. The van der Waals surface area contributed by atoms with Gasteiger partial charge in [-0.05, 0) is 34.1 Å². The molecule has 0 spiro atoms. The van der Waals surface area contributed by atoms with Crippen LogP contribution in [0.3, 0.4) is 0 Å². The van der Waals surface area contributed by atoms with Crippen molar-refractivity contribution < 1.29 is 9.13 Å². The Hall–Kier alpha value is -1.21. The number of aromatic nitrogens is 2. The van der Waals surface area contributed by atoms with E-state index in [-0.39, 0.29) is 17.6 Å². The van der Waals surface area contributed by atoms with Crippen LogP contribution in [-0.2, 0) is 0 Å². The lowest BCUT2D eigenvalue weighted by atomic mass is 10.3. The van der Waals surface area contributed by atoms with Crippen LogP contribution in [0.15, 0.2) is 33.3 Å². The molecule has 0 radical (unpaired) electrons. The Morgan fingerprint density at radius 1 is 1.29 bits per heavy atom. The fraction of sp³-hybridized carbons (Fsp3) is 0. The Labute approximate surface area is 113 Å². The maximum Gasteiger partial charge on any atom is 0.238 e. The summed E-state index contributed by atoms with van der Waals surface area (Å²) >= 11 is 6.42. The molecule has 17 heavy (non-hydrogen) atoms. The van der Waals surface area contributed by atoms with Crippen LogP contribution in [0.2, 0.25) is 0 Å². The minimum absolute atomic E-state index is 0.0539. The van der Waals surface area contributed by atoms with Crippen molar-refractivity contribution in [3.05, 3.63) is 39.2 Å². The molecular formula is C10H6Br2FN3O. The molecule has 0 unspecified atom stereocenters. The van der Waals surface area contributed by atoms with Crippen LogP contribution in [-0.4, -0.2) is 9.97 Å². The smallest absolute Gasteiger partial charge is 0.238 e. The van der Waals surface area contributed by atoms with Crippen LogP contribution < -0.4 is 10.5 Å². The molecule has 2 N–H and O–H groups in total. The molecule has 88 valence electrons. The molecule has 0 aliphatic heterocycles. The summed E-state index contributed by atoms with van der Waals surface area (Å²) in [6.45, 7) is 0. The van der Waals surface area contributed by atoms with E-state index in [1.165, 1.54) is 18.3 Å². The summed E-state index contributed by atoms with van der Waals surface area (Å²) in [5, 5.41) is 0. The first-order valence-electron chi connectivity index (χ1n) is 4.47. The molecule has 1 aromatic heterocycles. The molecule has 0 amide bonds. The fourth-order valence-electron chi connectivity index (χ4n) is 1.10. The van der Waals surface area contributed by atoms with E-state index in [1.54, 1.807) is 6.07 Å². The second-order valence-electron chi connectivity index (χ2n) is 3.06. The number of hydrogen-bond donors (Lipinski definition) is 1. The molecule has 0 saturated carbocycles. The summed E-state index contributed by atoms with van der Waals surface area (Å²) in [4.78, 5) is 7.61. The zero-order valence-electron chi connectivity index (χ0n) is 8.32. The zero-order valence-corrected chi connectivity index (χ0v) is 11.5. The van der Waals surface area contributed by atoms with Crippen LogP contribution in [0.25, 0.3) is 0 Å². The molecule has 1 aromatic carbocycles. The van der Waals surface area contributed by atoms with Gasteiger partial charge in [-0.25, -0.2) is 9.37 Å². The summed E-state index contributed by atoms with van der Waals surface area (Å²) in [5.41, 5.74) is 5.42. The third-order valence-electron chi connectivity index (χ3n) is 1.83. The Morgan fingerprint density at radius 2 is 2.06 bits per heavy atom. The molecule has 0 saturated heterocycles. The summed E-state index contributed by atoms with van der Waals surface area (Å²) in [6.07, 6.45) is 1.44. The number of anilines is 1. The highest BCUT2D eigenvalue weighted by atomic mass is 79.9. The summed E-state index contributed by atoms with van der Waals surface area (Å²) < 4.78 is 20.0. The van der Waals surface area contributed by atoms with Crippen molar-refractivity contribution in [3.63, 3.8) is 0 Å². The van der Waals surface area contributed by atoms with E-state index in [1.807, 2.05) is 0 Å². The van der Waals surface area contributed by atoms with Crippen LogP contribution in [0, 0.1) is 5.82 Å². The molecule has 0 aliphatic rings. The molecule has 2 aromatic rings. The third-order valence-corrected chi connectivity index (χ3v) is 2.87. The van der Waals surface area contributed by atoms with E-state index in [0.717, 1.165) is 0 Å². The molecule has 0 bridgehead atoms. The zero-order chi connectivity index (χ0) is 12.4. The molecule has 0 aliphatic carbocycles. The van der Waals surface area contributed by atoms with E-state index in [4.69, 9.17) is 10.5 Å². The first kappa shape index (κ1) is 12.3. The highest BCUT2D eigenvalue weighted by Gasteiger charge is 2.10. The van der Waals surface area contributed by atoms with Gasteiger partial charge >= 0.3 is 0 Å². The van der Waals surface area contributed by atoms with Gasteiger partial charge in [0.15, 0.2) is 11.6 Å². The van der Waals surface area contributed by atoms with E-state index < -0.39 is 5.82 Å². The topological polar surface area (TPSA) is 61.0 Å². The molecule has 7 heteroatoms. The Morgan fingerprint density at radius 3 is 2.82 bits per heavy atom. The maximum absolute atomic E-state index is 13.5. The van der Waals surface area contributed by atoms with Gasteiger partial charge < -0.3 is 10.5 Å². The number of benzene rings is 1. The first-order valence-corrected chi connectivity index (χ1v) is 6.06. The van der Waals surface area contributed by atoms with Gasteiger partial charge in [-0.2, -0.15) is 4.98 Å². The maximum atomic E-state index is 13.5. The predicted octanol–water partition coefficient (Wildman–Crippen LogP) is 3.52. The Kier molecular flexibility index (Phi) is 3.58. The number of hydrogen-bond acceptors (Lipinski definition) is 4. The van der Waals surface area contributed by atoms with Crippen LogP contribution in [0.1, 0.15) is 0 Å². The monoisotopic (exact) mass is 361 g/mol. The summed E-state index contributed by atoms with van der Waals surface area (Å²) in [6, 6.07) is 4.36. The quantitative estimate of drug-likeness (QED) is 0.887. The van der Waals surface area contributed by atoms with E-state index in [9.17, 15) is 4.39 Å². The summed E-state index contributed by atoms with van der Waals surface area (Å²) in [5.74, 6) is -0.219. The molecule has 0 atom stereocenters. The van der Waals surface area contributed by atoms with Gasteiger partial charge in [-0.15, -0.1) is 0 Å². The number of rotatable bonds is 2. The van der Waals surface area contributed by atoms with Gasteiger partial charge in [0.2, 0.25) is 11.8 Å². The molecule has 2 rings (SSSR count). The Balaban J connectivity index is 2.37. The van der Waals surface area contributed by atoms with Crippen molar-refractivity contribution in [2.45, 2.75) is 0 Å². The number of nitrogens with two attached hydrogens (primary N) is 1. The van der Waals surface area contributed by atoms with E-state index >= 15 is 0 Å². The second kappa shape index (κ2) is 4.97. The van der Waals surface area contributed by atoms with Crippen molar-refractivity contribution in [1.82, 2.24) is 9.97 Å². The Bertz CT molecular complexity index is 516. The van der Waals surface area contributed by atoms with Gasteiger partial charge in [-0.3, -0.25) is 0 Å². The molecule has 1 heterocycles. The normalized spacial score (nSPS) is 10.3. The molecule has 0 fully saturated rings. The van der Waals surface area contributed by atoms with Gasteiger partial charge in [0.25, 0.3) is 0 Å². The highest BCUT2D eigenvalue weighted by Crippen LogP contribution is 2.30. The van der Waals surface area contributed by atoms with Crippen molar-refractivity contribution in [2.24, 2.45) is 0 Å². The lowest BCUT2D eigenvalue weighted by Gasteiger charge is -2.07. The lowest BCUT2D eigenvalue weighted by molar-refractivity contribution is 0.424.